The van der Waals surface area contributed by atoms with E-state index in [1.165, 1.54) is 0 Å². The quantitative estimate of drug-likeness (QED) is 0.360. The SMILES string of the molecule is CO[C@H]1CC(=O)O[C@@H]([C@@H](/C=C(/C)I)O[Si](C)(C)C(C)(C)C)C1. The summed E-state index contributed by atoms with van der Waals surface area (Å²) in [5, 5.41) is 0.109. The molecule has 0 aromatic heterocycles. The predicted molar refractivity (Wildman–Crippen MR) is 99.8 cm³/mol. The number of esters is 1. The summed E-state index contributed by atoms with van der Waals surface area (Å²) in [5.74, 6) is -0.202. The molecule has 1 aliphatic heterocycles. The second-order valence-corrected chi connectivity index (χ2v) is 13.9. The molecule has 3 atom stereocenters. The number of hydrogen-bond donors (Lipinski definition) is 0. The molecule has 0 amide bonds. The van der Waals surface area contributed by atoms with Crippen LogP contribution in [0.1, 0.15) is 40.5 Å². The third-order valence-corrected chi connectivity index (χ3v) is 9.34. The van der Waals surface area contributed by atoms with Crippen molar-refractivity contribution in [2.75, 3.05) is 7.11 Å². The van der Waals surface area contributed by atoms with E-state index in [-0.39, 0.29) is 29.3 Å². The lowest BCUT2D eigenvalue weighted by atomic mass is 10.0. The van der Waals surface area contributed by atoms with E-state index < -0.39 is 8.32 Å². The minimum atomic E-state index is -1.95. The van der Waals surface area contributed by atoms with Crippen LogP contribution in [0.5, 0.6) is 0 Å². The highest BCUT2D eigenvalue weighted by Gasteiger charge is 2.42. The van der Waals surface area contributed by atoms with Crippen molar-refractivity contribution in [2.24, 2.45) is 0 Å². The van der Waals surface area contributed by atoms with Crippen LogP contribution in [0.3, 0.4) is 0 Å². The minimum absolute atomic E-state index is 0.0836. The Morgan fingerprint density at radius 3 is 2.50 bits per heavy atom. The minimum Gasteiger partial charge on any atom is -0.459 e. The first-order chi connectivity index (χ1) is 9.96. The number of halogens is 1. The summed E-state index contributed by atoms with van der Waals surface area (Å²) >= 11 is 2.27. The molecule has 0 unspecified atom stereocenters. The Balaban J connectivity index is 2.98. The van der Waals surface area contributed by atoms with Crippen LogP contribution in [0.2, 0.25) is 18.1 Å². The molecule has 128 valence electrons. The first-order valence-electron chi connectivity index (χ1n) is 7.70. The van der Waals surface area contributed by atoms with Crippen LogP contribution in [0, 0.1) is 0 Å². The Morgan fingerprint density at radius 1 is 1.45 bits per heavy atom. The molecule has 0 aliphatic carbocycles. The summed E-state index contributed by atoms with van der Waals surface area (Å²) in [6, 6.07) is 0. The average Bonchev–Trinajstić information content (AvgIpc) is 2.34. The molecule has 0 saturated carbocycles. The fourth-order valence-corrected chi connectivity index (χ4v) is 3.74. The zero-order chi connectivity index (χ0) is 17.1. The van der Waals surface area contributed by atoms with E-state index in [2.05, 4.69) is 62.5 Å². The lowest BCUT2D eigenvalue weighted by molar-refractivity contribution is -0.167. The summed E-state index contributed by atoms with van der Waals surface area (Å²) in [5.41, 5.74) is 0. The average molecular weight is 440 g/mol. The molecule has 0 bridgehead atoms. The second-order valence-electron chi connectivity index (χ2n) is 7.42. The normalized spacial score (nSPS) is 25.8. The molecule has 4 nitrogen and oxygen atoms in total. The standard InChI is InChI=1S/C16H29IO4Si/c1-11(17)8-14(21-22(6,7)16(2,3)4)13-9-12(19-5)10-15(18)20-13/h8,12-14H,9-10H2,1-7H3/b11-8-/t12-,13-,14-/m1/s1. The number of methoxy groups -OCH3 is 1. The number of rotatable bonds is 5. The highest BCUT2D eigenvalue weighted by molar-refractivity contribution is 14.1. The van der Waals surface area contributed by atoms with Gasteiger partial charge in [-0.15, -0.1) is 0 Å². The lowest BCUT2D eigenvalue weighted by Gasteiger charge is -2.41. The highest BCUT2D eigenvalue weighted by atomic mass is 127. The molecule has 0 aromatic carbocycles. The molecule has 6 heteroatoms. The van der Waals surface area contributed by atoms with Crippen molar-refractivity contribution in [3.8, 4) is 0 Å². The Kier molecular flexibility index (Phi) is 7.10. The highest BCUT2D eigenvalue weighted by Crippen LogP contribution is 2.39. The number of carbonyl (C=O) groups excluding carboxylic acids is 1. The zero-order valence-electron chi connectivity index (χ0n) is 14.7. The first kappa shape index (κ1) is 20.1. The molecule has 1 rings (SSSR count). The van der Waals surface area contributed by atoms with Gasteiger partial charge in [-0.25, -0.2) is 0 Å². The van der Waals surface area contributed by atoms with Crippen LogP contribution in [0.15, 0.2) is 9.66 Å². The number of cyclic esters (lactones) is 1. The Bertz CT molecular complexity index is 424. The molecule has 0 radical (unpaired) electrons. The van der Waals surface area contributed by atoms with Gasteiger partial charge in [-0.3, -0.25) is 4.79 Å². The van der Waals surface area contributed by atoms with Crippen LogP contribution in [0.25, 0.3) is 0 Å². The molecule has 22 heavy (non-hydrogen) atoms. The molecule has 1 heterocycles. The fraction of sp³-hybridized carbons (Fsp3) is 0.812. The van der Waals surface area contributed by atoms with Crippen molar-refractivity contribution in [1.29, 1.82) is 0 Å². The molecular formula is C16H29IO4Si. The van der Waals surface area contributed by atoms with Crippen LogP contribution < -0.4 is 0 Å². The van der Waals surface area contributed by atoms with E-state index in [1.54, 1.807) is 7.11 Å². The largest absolute Gasteiger partial charge is 0.459 e. The number of ether oxygens (including phenoxy) is 2. The Morgan fingerprint density at radius 2 is 2.05 bits per heavy atom. The molecule has 1 fully saturated rings. The summed E-state index contributed by atoms with van der Waals surface area (Å²) in [6.07, 6.45) is 2.51. The van der Waals surface area contributed by atoms with Crippen molar-refractivity contribution in [3.63, 3.8) is 0 Å². The zero-order valence-corrected chi connectivity index (χ0v) is 17.9. The van der Waals surface area contributed by atoms with Gasteiger partial charge in [-0.05, 0) is 57.3 Å². The van der Waals surface area contributed by atoms with Crippen molar-refractivity contribution in [3.05, 3.63) is 9.66 Å². The van der Waals surface area contributed by atoms with E-state index in [0.717, 1.165) is 3.58 Å². The maximum absolute atomic E-state index is 11.8. The predicted octanol–water partition coefficient (Wildman–Crippen LogP) is 4.44. The van der Waals surface area contributed by atoms with Crippen LogP contribution >= 0.6 is 22.6 Å². The summed E-state index contributed by atoms with van der Waals surface area (Å²) in [4.78, 5) is 11.8. The first-order valence-corrected chi connectivity index (χ1v) is 11.7. The summed E-state index contributed by atoms with van der Waals surface area (Å²) in [7, 11) is -0.311. The molecular weight excluding hydrogens is 411 g/mol. The van der Waals surface area contributed by atoms with Gasteiger partial charge >= 0.3 is 5.97 Å². The number of carbonyl (C=O) groups is 1. The van der Waals surface area contributed by atoms with E-state index in [0.29, 0.717) is 12.8 Å². The fourth-order valence-electron chi connectivity index (χ4n) is 2.13. The van der Waals surface area contributed by atoms with Gasteiger partial charge in [0.1, 0.15) is 12.2 Å². The van der Waals surface area contributed by atoms with Crippen molar-refractivity contribution >= 4 is 36.9 Å². The molecule has 0 spiro atoms. The molecule has 0 aromatic rings. The summed E-state index contributed by atoms with van der Waals surface area (Å²) in [6.45, 7) is 13.1. The third kappa shape index (κ3) is 5.61. The Labute approximate surface area is 149 Å². The molecule has 1 saturated heterocycles. The van der Waals surface area contributed by atoms with Crippen molar-refractivity contribution < 1.29 is 18.7 Å². The third-order valence-electron chi connectivity index (χ3n) is 4.50. The Hall–Kier alpha value is 0.0769. The topological polar surface area (TPSA) is 44.8 Å². The maximum atomic E-state index is 11.8. The van der Waals surface area contributed by atoms with E-state index >= 15 is 0 Å². The van der Waals surface area contributed by atoms with Gasteiger partial charge < -0.3 is 13.9 Å². The summed E-state index contributed by atoms with van der Waals surface area (Å²) < 4.78 is 18.6. The smallest absolute Gasteiger partial charge is 0.308 e. The maximum Gasteiger partial charge on any atom is 0.308 e. The lowest BCUT2D eigenvalue weighted by Crippen LogP contribution is -2.49. The van der Waals surface area contributed by atoms with Crippen LogP contribution in [0.4, 0.5) is 0 Å². The van der Waals surface area contributed by atoms with Gasteiger partial charge in [0.2, 0.25) is 0 Å². The van der Waals surface area contributed by atoms with Crippen molar-refractivity contribution in [1.82, 2.24) is 0 Å². The molecule has 0 N–H and O–H groups in total. The second kappa shape index (κ2) is 7.77. The molecule has 1 aliphatic rings. The van der Waals surface area contributed by atoms with Gasteiger partial charge in [0.05, 0.1) is 12.5 Å². The number of hydrogen-bond acceptors (Lipinski definition) is 4. The van der Waals surface area contributed by atoms with Gasteiger partial charge in [0.15, 0.2) is 8.32 Å². The van der Waals surface area contributed by atoms with E-state index in [1.807, 2.05) is 6.92 Å². The van der Waals surface area contributed by atoms with E-state index in [9.17, 15) is 4.79 Å². The van der Waals surface area contributed by atoms with Gasteiger partial charge in [0, 0.05) is 13.5 Å². The van der Waals surface area contributed by atoms with Gasteiger partial charge in [-0.2, -0.15) is 0 Å². The van der Waals surface area contributed by atoms with E-state index in [4.69, 9.17) is 13.9 Å². The van der Waals surface area contributed by atoms with Gasteiger partial charge in [-0.1, -0.05) is 20.8 Å². The van der Waals surface area contributed by atoms with Crippen LogP contribution in [-0.4, -0.2) is 39.7 Å². The van der Waals surface area contributed by atoms with Gasteiger partial charge in [0.25, 0.3) is 0 Å². The monoisotopic (exact) mass is 440 g/mol. The van der Waals surface area contributed by atoms with Crippen molar-refractivity contribution in [2.45, 2.75) is 77.0 Å². The number of allylic oxidation sites excluding steroid dienone is 1. The van der Waals surface area contributed by atoms with Crippen LogP contribution in [-0.2, 0) is 18.7 Å².